The molecule has 1 saturated heterocycles. The van der Waals surface area contributed by atoms with E-state index in [1.165, 1.54) is 13.0 Å². The highest BCUT2D eigenvalue weighted by molar-refractivity contribution is 5.88. The molecule has 0 saturated carbocycles. The van der Waals surface area contributed by atoms with Crippen LogP contribution in [0.15, 0.2) is 46.6 Å². The molecule has 1 aliphatic rings. The lowest BCUT2D eigenvalue weighted by atomic mass is 9.87. The van der Waals surface area contributed by atoms with Crippen LogP contribution in [0.3, 0.4) is 0 Å². The van der Waals surface area contributed by atoms with Crippen LogP contribution in [0, 0.1) is 29.6 Å². The van der Waals surface area contributed by atoms with Gasteiger partial charge in [0, 0.05) is 23.3 Å². The zero-order valence-corrected chi connectivity index (χ0v) is 34.7. The van der Waals surface area contributed by atoms with Crippen molar-refractivity contribution in [3.63, 3.8) is 0 Å². The maximum Gasteiger partial charge on any atom is 0.333 e. The Morgan fingerprint density at radius 1 is 0.696 bits per heavy atom. The first-order valence-electron chi connectivity index (χ1n) is 19.6. The van der Waals surface area contributed by atoms with Gasteiger partial charge in [-0.3, -0.25) is 0 Å². The van der Waals surface area contributed by atoms with Gasteiger partial charge in [0.25, 0.3) is 0 Å². The molecule has 1 fully saturated rings. The number of allylic oxidation sites excluding steroid dienone is 1. The van der Waals surface area contributed by atoms with Crippen LogP contribution >= 0.6 is 0 Å². The zero-order chi connectivity index (χ0) is 43.2. The fourth-order valence-electron chi connectivity index (χ4n) is 6.99. The third-order valence-corrected chi connectivity index (χ3v) is 10.6. The number of hydrogen-bond acceptors (Lipinski definition) is 15. The monoisotopic (exact) mass is 804 g/mol. The number of aliphatic hydroxyl groups excluding tert-OH is 11. The number of rotatable bonds is 23. The molecule has 0 unspecified atom stereocenters. The second kappa shape index (κ2) is 24.7. The van der Waals surface area contributed by atoms with Crippen LogP contribution in [-0.2, 0) is 19.0 Å². The lowest BCUT2D eigenvalue weighted by Crippen LogP contribution is -2.60. The molecular formula is C41H72O15. The summed E-state index contributed by atoms with van der Waals surface area (Å²) in [4.78, 5) is 12.8. The van der Waals surface area contributed by atoms with Gasteiger partial charge in [0.15, 0.2) is 12.4 Å². The Bertz CT molecular complexity index is 1300. The third kappa shape index (κ3) is 15.3. The van der Waals surface area contributed by atoms with E-state index in [1.54, 1.807) is 33.8 Å². The van der Waals surface area contributed by atoms with Crippen molar-refractivity contribution >= 4 is 5.97 Å². The molecule has 0 aromatic rings. The molecular weight excluding hydrogens is 732 g/mol. The average Bonchev–Trinajstić information content (AvgIpc) is 3.16. The summed E-state index contributed by atoms with van der Waals surface area (Å²) < 4.78 is 17.1. The standard InChI is InChI=1S/C41H72O15/c1-11-20(2)12-21(3)13-26(8)38(56-41-37(52)36(51)35(50)31(19-44)54-41)27(9)15-24(6)32(47)22(4)14-23(5)33(48)25(7)16-28(10)40(53)55-39(30(46)18-43)34(49)29(45)17-42/h13-16,20-22,25,27,29-39,41-52H,11-12,17-19H2,1-10H3/b23-14+,24-15+,26-13+,28-16+/t20-,21-,22-,25-,27-,29+,30+,31+,32-,33+,34+,35+,36-,37+,38+,39+,41+/m0/s1. The van der Waals surface area contributed by atoms with E-state index in [9.17, 15) is 55.9 Å². The first kappa shape index (κ1) is 51.9. The number of carbonyl (C=O) groups excluding carboxylic acids is 1. The van der Waals surface area contributed by atoms with Gasteiger partial charge in [0.1, 0.15) is 42.7 Å². The van der Waals surface area contributed by atoms with E-state index in [1.807, 2.05) is 19.9 Å². The molecule has 1 aliphatic heterocycles. The first-order chi connectivity index (χ1) is 26.1. The van der Waals surface area contributed by atoms with Gasteiger partial charge >= 0.3 is 5.97 Å². The Morgan fingerprint density at radius 2 is 1.21 bits per heavy atom. The van der Waals surface area contributed by atoms with E-state index in [4.69, 9.17) is 19.3 Å². The van der Waals surface area contributed by atoms with E-state index < -0.39 is 117 Å². The van der Waals surface area contributed by atoms with Gasteiger partial charge in [-0.1, -0.05) is 72.3 Å². The molecule has 0 aliphatic carbocycles. The lowest BCUT2D eigenvalue weighted by molar-refractivity contribution is -0.310. The van der Waals surface area contributed by atoms with E-state index in [0.717, 1.165) is 18.4 Å². The fraction of sp³-hybridized carbons (Fsp3) is 0.780. The van der Waals surface area contributed by atoms with Gasteiger partial charge in [0.2, 0.25) is 0 Å². The highest BCUT2D eigenvalue weighted by Gasteiger charge is 2.45. The van der Waals surface area contributed by atoms with Crippen molar-refractivity contribution in [2.24, 2.45) is 29.6 Å². The summed E-state index contributed by atoms with van der Waals surface area (Å²) in [6, 6.07) is 0. The zero-order valence-electron chi connectivity index (χ0n) is 34.7. The van der Waals surface area contributed by atoms with E-state index in [-0.39, 0.29) is 11.5 Å². The minimum Gasteiger partial charge on any atom is -0.453 e. The molecule has 326 valence electrons. The minimum atomic E-state index is -1.88. The number of aliphatic hydroxyl groups is 11. The molecule has 1 heterocycles. The summed E-state index contributed by atoms with van der Waals surface area (Å²) in [5.74, 6) is -1.85. The van der Waals surface area contributed by atoms with Crippen LogP contribution in [0.2, 0.25) is 0 Å². The van der Waals surface area contributed by atoms with Gasteiger partial charge in [0.05, 0.1) is 38.1 Å². The number of ether oxygens (including phenoxy) is 3. The summed E-state index contributed by atoms with van der Waals surface area (Å²) in [7, 11) is 0. The van der Waals surface area contributed by atoms with Crippen molar-refractivity contribution in [3.8, 4) is 0 Å². The molecule has 0 bridgehead atoms. The Hall–Kier alpha value is -2.09. The van der Waals surface area contributed by atoms with Crippen LogP contribution in [-0.4, -0.2) is 155 Å². The highest BCUT2D eigenvalue weighted by atomic mass is 16.7. The van der Waals surface area contributed by atoms with Crippen LogP contribution in [0.1, 0.15) is 82.1 Å². The van der Waals surface area contributed by atoms with E-state index >= 15 is 0 Å². The third-order valence-electron chi connectivity index (χ3n) is 10.6. The molecule has 15 nitrogen and oxygen atoms in total. The Morgan fingerprint density at radius 3 is 1.71 bits per heavy atom. The average molecular weight is 805 g/mol. The van der Waals surface area contributed by atoms with Crippen LogP contribution in [0.25, 0.3) is 0 Å². The van der Waals surface area contributed by atoms with Crippen molar-refractivity contribution in [1.29, 1.82) is 0 Å². The summed E-state index contributed by atoms with van der Waals surface area (Å²) in [6.45, 7) is 16.0. The van der Waals surface area contributed by atoms with E-state index in [0.29, 0.717) is 17.1 Å². The predicted octanol–water partition coefficient (Wildman–Crippen LogP) is 0.638. The largest absolute Gasteiger partial charge is 0.453 e. The number of hydrogen-bond donors (Lipinski definition) is 11. The van der Waals surface area contributed by atoms with Crippen molar-refractivity contribution in [1.82, 2.24) is 0 Å². The van der Waals surface area contributed by atoms with Gasteiger partial charge in [-0.2, -0.15) is 0 Å². The summed E-state index contributed by atoms with van der Waals surface area (Å²) in [6.07, 6.45) is -8.14. The molecule has 0 aromatic carbocycles. The quantitative estimate of drug-likeness (QED) is 0.0385. The molecule has 0 amide bonds. The van der Waals surface area contributed by atoms with E-state index in [2.05, 4.69) is 26.8 Å². The minimum absolute atomic E-state index is 0.00475. The van der Waals surface area contributed by atoms with Gasteiger partial charge in [-0.05, 0) is 62.7 Å². The molecule has 1 rings (SSSR count). The Labute approximate surface area is 332 Å². The SMILES string of the molecule is CC[C@H](C)C[C@H](C)/C=C(\C)[C@@H](O[C@H]1O[C@H](CO)[C@@H](O)[C@H](O)[C@H]1O)[C@@H](C)/C=C(\C)[C@@H](O)[C@@H](C)/C=C(\C)[C@@H](O)[C@@H](C)/C=C(\C)C(=O)O[C@@H]([C@H](O)[C@H](O)CO)[C@H](O)CO. The second-order valence-electron chi connectivity index (χ2n) is 15.9. The van der Waals surface area contributed by atoms with Gasteiger partial charge in [-0.15, -0.1) is 0 Å². The Kier molecular flexibility index (Phi) is 22.9. The van der Waals surface area contributed by atoms with Gasteiger partial charge in [-0.25, -0.2) is 4.79 Å². The number of esters is 1. The fourth-order valence-corrected chi connectivity index (χ4v) is 6.99. The van der Waals surface area contributed by atoms with Crippen molar-refractivity contribution in [3.05, 3.63) is 46.6 Å². The second-order valence-corrected chi connectivity index (χ2v) is 15.9. The smallest absolute Gasteiger partial charge is 0.333 e. The predicted molar refractivity (Wildman–Crippen MR) is 208 cm³/mol. The maximum absolute atomic E-state index is 12.8. The maximum atomic E-state index is 12.8. The molecule has 56 heavy (non-hydrogen) atoms. The van der Waals surface area contributed by atoms with Crippen LogP contribution < -0.4 is 0 Å². The molecule has 0 radical (unpaired) electrons. The Balaban J connectivity index is 3.26. The normalized spacial score (nSPS) is 28.3. The molecule has 0 spiro atoms. The topological polar surface area (TPSA) is 267 Å². The molecule has 17 atom stereocenters. The van der Waals surface area contributed by atoms with Gasteiger partial charge < -0.3 is 70.4 Å². The van der Waals surface area contributed by atoms with Crippen molar-refractivity contribution in [2.75, 3.05) is 19.8 Å². The summed E-state index contributed by atoms with van der Waals surface area (Å²) >= 11 is 0. The van der Waals surface area contributed by atoms with Crippen LogP contribution in [0.4, 0.5) is 0 Å². The summed E-state index contributed by atoms with van der Waals surface area (Å²) in [5.41, 5.74) is 1.92. The van der Waals surface area contributed by atoms with Crippen LogP contribution in [0.5, 0.6) is 0 Å². The molecule has 0 aromatic heterocycles. The molecule has 11 N–H and O–H groups in total. The van der Waals surface area contributed by atoms with Crippen molar-refractivity contribution < 1.29 is 75.2 Å². The number of carbonyl (C=O) groups is 1. The molecule has 15 heteroatoms. The van der Waals surface area contributed by atoms with Crippen molar-refractivity contribution in [2.45, 2.75) is 156 Å². The highest BCUT2D eigenvalue weighted by Crippen LogP contribution is 2.30. The summed E-state index contributed by atoms with van der Waals surface area (Å²) in [5, 5.41) is 112. The first-order valence-corrected chi connectivity index (χ1v) is 19.6. The lowest BCUT2D eigenvalue weighted by Gasteiger charge is -2.41.